The van der Waals surface area contributed by atoms with Crippen LogP contribution in [0.25, 0.3) is 11.5 Å². The maximum absolute atomic E-state index is 13.3. The number of alkyl halides is 3. The van der Waals surface area contributed by atoms with Crippen LogP contribution in [-0.2, 0) is 6.18 Å². The van der Waals surface area contributed by atoms with Gasteiger partial charge in [-0.05, 0) is 85.0 Å². The molecule has 2 N–H and O–H groups in total. The van der Waals surface area contributed by atoms with Crippen molar-refractivity contribution >= 4 is 11.9 Å². The van der Waals surface area contributed by atoms with Gasteiger partial charge in [0.25, 0.3) is 0 Å². The number of hydrogen-bond donors (Lipinski definition) is 2. The van der Waals surface area contributed by atoms with Crippen molar-refractivity contribution in [1.82, 2.24) is 19.9 Å². The highest BCUT2D eigenvalue weighted by Crippen LogP contribution is 2.40. The number of halogens is 5. The molecular weight excluding hydrogens is 527 g/mol. The molecule has 0 radical (unpaired) electrons. The molecule has 2 heterocycles. The van der Waals surface area contributed by atoms with Crippen molar-refractivity contribution in [2.24, 2.45) is 0 Å². The van der Waals surface area contributed by atoms with Crippen LogP contribution < -0.4 is 10.6 Å². The van der Waals surface area contributed by atoms with Crippen molar-refractivity contribution in [1.29, 1.82) is 0 Å². The quantitative estimate of drug-likeness (QED) is 0.242. The summed E-state index contributed by atoms with van der Waals surface area (Å²) in [5.41, 5.74) is 1.05. The summed E-state index contributed by atoms with van der Waals surface area (Å²) in [6.07, 6.45) is -1.50. The van der Waals surface area contributed by atoms with Crippen LogP contribution in [0.2, 0.25) is 0 Å². The molecule has 6 nitrogen and oxygen atoms in total. The number of nitrogens with zero attached hydrogens (tertiary/aromatic N) is 4. The lowest BCUT2D eigenvalue weighted by molar-refractivity contribution is -0.141. The number of benzene rings is 2. The largest absolute Gasteiger partial charge is 0.433 e. The molecule has 0 aliphatic heterocycles. The summed E-state index contributed by atoms with van der Waals surface area (Å²) in [5.74, 6) is 0.464. The molecule has 206 valence electrons. The minimum Gasteiger partial charge on any atom is -0.351 e. The maximum atomic E-state index is 13.3. The van der Waals surface area contributed by atoms with E-state index in [4.69, 9.17) is 0 Å². The van der Waals surface area contributed by atoms with E-state index in [0.29, 0.717) is 0 Å². The molecule has 0 amide bonds. The Morgan fingerprint density at radius 2 is 1.07 bits per heavy atom. The molecule has 0 spiro atoms. The summed E-state index contributed by atoms with van der Waals surface area (Å²) < 4.78 is 66.5. The van der Waals surface area contributed by atoms with Crippen LogP contribution in [0.4, 0.5) is 33.8 Å². The van der Waals surface area contributed by atoms with Gasteiger partial charge in [0.15, 0.2) is 5.82 Å². The fourth-order valence-electron chi connectivity index (χ4n) is 5.19. The van der Waals surface area contributed by atoms with Crippen LogP contribution in [0, 0.1) is 11.6 Å². The van der Waals surface area contributed by atoms with Crippen molar-refractivity contribution in [3.8, 4) is 11.5 Å². The van der Waals surface area contributed by atoms with Crippen molar-refractivity contribution < 1.29 is 22.0 Å². The van der Waals surface area contributed by atoms with Crippen LogP contribution in [-0.4, -0.2) is 32.0 Å². The molecule has 2 saturated carbocycles. The number of nitrogens with one attached hydrogen (secondary N) is 2. The van der Waals surface area contributed by atoms with Gasteiger partial charge >= 0.3 is 6.18 Å². The van der Waals surface area contributed by atoms with Gasteiger partial charge in [0, 0.05) is 12.1 Å². The summed E-state index contributed by atoms with van der Waals surface area (Å²) in [6.45, 7) is 0. The first-order valence-electron chi connectivity index (χ1n) is 13.0. The molecule has 2 aromatic heterocycles. The summed E-state index contributed by atoms with van der Waals surface area (Å²) in [4.78, 5) is 17.0. The molecule has 0 bridgehead atoms. The Morgan fingerprint density at radius 1 is 0.600 bits per heavy atom. The predicted octanol–water partition coefficient (Wildman–Crippen LogP) is 6.95. The second-order valence-corrected chi connectivity index (χ2v) is 10.3. The molecule has 2 aromatic carbocycles. The first kappa shape index (κ1) is 26.1. The van der Waals surface area contributed by atoms with Crippen molar-refractivity contribution in [3.63, 3.8) is 0 Å². The molecule has 11 heteroatoms. The zero-order valence-electron chi connectivity index (χ0n) is 21.2. The average molecular weight is 553 g/mol. The van der Waals surface area contributed by atoms with E-state index in [9.17, 15) is 22.0 Å². The van der Waals surface area contributed by atoms with Gasteiger partial charge < -0.3 is 10.6 Å². The second kappa shape index (κ2) is 10.4. The third-order valence-electron chi connectivity index (χ3n) is 7.53. The van der Waals surface area contributed by atoms with E-state index in [1.54, 1.807) is 24.3 Å². The van der Waals surface area contributed by atoms with Crippen molar-refractivity contribution in [2.75, 3.05) is 10.6 Å². The summed E-state index contributed by atoms with van der Waals surface area (Å²) >= 11 is 0. The topological polar surface area (TPSA) is 75.6 Å². The molecule has 4 aromatic rings. The third-order valence-corrected chi connectivity index (χ3v) is 7.53. The van der Waals surface area contributed by atoms with E-state index in [2.05, 4.69) is 30.6 Å². The number of pyridine rings is 1. The van der Waals surface area contributed by atoms with E-state index in [1.165, 1.54) is 36.4 Å². The van der Waals surface area contributed by atoms with Gasteiger partial charge in [0.2, 0.25) is 11.9 Å². The SMILES string of the molecule is Fc1ccc([C@H]2C[C@H](Nc3nc(N[C@H]4C[C@H](c5ccc(F)cc5)C4)nc(-c4cccc(C(F)(F)F)n4)n3)C2)cc1. The highest BCUT2D eigenvalue weighted by Gasteiger charge is 2.34. The van der Waals surface area contributed by atoms with E-state index in [0.717, 1.165) is 42.9 Å². The Hall–Kier alpha value is -4.15. The smallest absolute Gasteiger partial charge is 0.351 e. The second-order valence-electron chi connectivity index (χ2n) is 10.3. The van der Waals surface area contributed by atoms with Gasteiger partial charge in [0.05, 0.1) is 0 Å². The lowest BCUT2D eigenvalue weighted by Gasteiger charge is -2.37. The fraction of sp³-hybridized carbons (Fsp3) is 0.310. The van der Waals surface area contributed by atoms with Crippen molar-refractivity contribution in [3.05, 3.63) is 95.2 Å². The highest BCUT2D eigenvalue weighted by atomic mass is 19.4. The van der Waals surface area contributed by atoms with E-state index in [1.807, 2.05) is 0 Å². The Kier molecular flexibility index (Phi) is 6.81. The van der Waals surface area contributed by atoms with Crippen LogP contribution >= 0.6 is 0 Å². The fourth-order valence-corrected chi connectivity index (χ4v) is 5.19. The lowest BCUT2D eigenvalue weighted by atomic mass is 9.76. The zero-order valence-corrected chi connectivity index (χ0v) is 21.2. The van der Waals surface area contributed by atoms with Gasteiger partial charge in [-0.15, -0.1) is 0 Å². The minimum absolute atomic E-state index is 0.0149. The molecule has 0 atom stereocenters. The standard InChI is InChI=1S/C29H25F5N6/c30-20-8-4-16(5-9-20)18-12-22(13-18)35-27-38-26(24-2-1-3-25(37-24)29(32,33)34)39-28(40-27)36-23-14-19(15-23)17-6-10-21(31)11-7-17/h1-11,18-19,22-23H,12-15H2,(H2,35,36,38,39,40)/t18-,19-,22-,23-. The van der Waals surface area contributed by atoms with Crippen LogP contribution in [0.5, 0.6) is 0 Å². The summed E-state index contributed by atoms with van der Waals surface area (Å²) in [6, 6.07) is 16.5. The van der Waals surface area contributed by atoms with Gasteiger partial charge in [-0.2, -0.15) is 28.1 Å². The van der Waals surface area contributed by atoms with Gasteiger partial charge in [-0.1, -0.05) is 30.3 Å². The predicted molar refractivity (Wildman–Crippen MR) is 140 cm³/mol. The first-order chi connectivity index (χ1) is 19.2. The van der Waals surface area contributed by atoms with Crippen LogP contribution in [0.15, 0.2) is 66.7 Å². The van der Waals surface area contributed by atoms with Crippen molar-refractivity contribution in [2.45, 2.75) is 55.8 Å². The summed E-state index contributed by atoms with van der Waals surface area (Å²) in [5, 5.41) is 6.54. The van der Waals surface area contributed by atoms with Gasteiger partial charge in [-0.3, -0.25) is 0 Å². The maximum Gasteiger partial charge on any atom is 0.433 e. The van der Waals surface area contributed by atoms with E-state index >= 15 is 0 Å². The first-order valence-corrected chi connectivity index (χ1v) is 13.0. The zero-order chi connectivity index (χ0) is 27.9. The monoisotopic (exact) mass is 552 g/mol. The third kappa shape index (κ3) is 5.73. The number of hydrogen-bond acceptors (Lipinski definition) is 6. The van der Waals surface area contributed by atoms with E-state index < -0.39 is 11.9 Å². The van der Waals surface area contributed by atoms with Gasteiger partial charge in [0.1, 0.15) is 23.0 Å². The minimum atomic E-state index is -4.60. The molecule has 0 saturated heterocycles. The Bertz CT molecular complexity index is 1400. The summed E-state index contributed by atoms with van der Waals surface area (Å²) in [7, 11) is 0. The number of rotatable bonds is 7. The lowest BCUT2D eigenvalue weighted by Crippen LogP contribution is -2.36. The number of aromatic nitrogens is 4. The van der Waals surface area contributed by atoms with Gasteiger partial charge in [-0.25, -0.2) is 13.8 Å². The Morgan fingerprint density at radius 3 is 1.52 bits per heavy atom. The molecule has 2 fully saturated rings. The molecule has 2 aliphatic rings. The normalized spacial score (nSPS) is 22.2. The van der Waals surface area contributed by atoms with E-state index in [-0.39, 0.29) is 59.0 Å². The molecule has 0 unspecified atom stereocenters. The Balaban J connectivity index is 1.19. The average Bonchev–Trinajstić information content (AvgIpc) is 2.89. The molecule has 6 rings (SSSR count). The Labute approximate surface area is 227 Å². The molecule has 2 aliphatic carbocycles. The highest BCUT2D eigenvalue weighted by molar-refractivity contribution is 5.54. The molecule has 40 heavy (non-hydrogen) atoms. The molecular formula is C29H25F5N6. The number of anilines is 2. The van der Waals surface area contributed by atoms with Crippen LogP contribution in [0.1, 0.15) is 54.3 Å². The van der Waals surface area contributed by atoms with Crippen LogP contribution in [0.3, 0.4) is 0 Å².